The van der Waals surface area contributed by atoms with Crippen molar-refractivity contribution in [3.8, 4) is 0 Å². The molecule has 0 radical (unpaired) electrons. The Hall–Kier alpha value is -1.55. The predicted molar refractivity (Wildman–Crippen MR) is 65.2 cm³/mol. The first kappa shape index (κ1) is 13.5. The van der Waals surface area contributed by atoms with E-state index < -0.39 is 5.97 Å². The quantitative estimate of drug-likeness (QED) is 0.837. The minimum atomic E-state index is -0.458. The molecule has 0 unspecified atom stereocenters. The fourth-order valence-electron chi connectivity index (χ4n) is 1.30. The fraction of sp³-hybridized carbons (Fsp3) is 0.333. The van der Waals surface area contributed by atoms with E-state index in [0.717, 1.165) is 5.56 Å². The van der Waals surface area contributed by atoms with E-state index in [1.54, 1.807) is 32.0 Å². The molecular weight excluding hydrogens is 242 g/mol. The lowest BCUT2D eigenvalue weighted by atomic mass is 10.1. The zero-order valence-electron chi connectivity index (χ0n) is 9.75. The standard InChI is InChI=1S/C12H14ClNO3/c1-3-17-11(15)7-14-12(16)10-6-9(13)5-4-8(10)2/h4-6H,3,7H2,1-2H3,(H,14,16). The molecule has 0 spiro atoms. The summed E-state index contributed by atoms with van der Waals surface area (Å²) in [7, 11) is 0. The van der Waals surface area contributed by atoms with Crippen LogP contribution in [-0.2, 0) is 9.53 Å². The van der Waals surface area contributed by atoms with Gasteiger partial charge in [0.15, 0.2) is 0 Å². The Morgan fingerprint density at radius 1 is 1.41 bits per heavy atom. The van der Waals surface area contributed by atoms with Crippen molar-refractivity contribution >= 4 is 23.5 Å². The molecule has 0 aliphatic carbocycles. The number of rotatable bonds is 4. The van der Waals surface area contributed by atoms with E-state index in [1.807, 2.05) is 0 Å². The van der Waals surface area contributed by atoms with Gasteiger partial charge < -0.3 is 10.1 Å². The van der Waals surface area contributed by atoms with E-state index >= 15 is 0 Å². The minimum Gasteiger partial charge on any atom is -0.465 e. The molecule has 0 heterocycles. The Morgan fingerprint density at radius 3 is 2.76 bits per heavy atom. The highest BCUT2D eigenvalue weighted by Gasteiger charge is 2.11. The number of amides is 1. The van der Waals surface area contributed by atoms with Gasteiger partial charge in [0, 0.05) is 10.6 Å². The first-order chi connectivity index (χ1) is 8.04. The second kappa shape index (κ2) is 6.25. The highest BCUT2D eigenvalue weighted by Crippen LogP contribution is 2.15. The topological polar surface area (TPSA) is 55.4 Å². The van der Waals surface area contributed by atoms with Gasteiger partial charge in [0.05, 0.1) is 6.61 Å². The molecule has 1 amide bonds. The highest BCUT2D eigenvalue weighted by atomic mass is 35.5. The number of carbonyl (C=O) groups is 2. The van der Waals surface area contributed by atoms with Crippen LogP contribution in [0.15, 0.2) is 18.2 Å². The summed E-state index contributed by atoms with van der Waals surface area (Å²) in [6, 6.07) is 5.03. The maximum absolute atomic E-state index is 11.7. The van der Waals surface area contributed by atoms with Crippen molar-refractivity contribution in [2.24, 2.45) is 0 Å². The Bertz CT molecular complexity index is 432. The maximum atomic E-state index is 11.7. The van der Waals surface area contributed by atoms with Crippen molar-refractivity contribution < 1.29 is 14.3 Å². The number of halogens is 1. The summed E-state index contributed by atoms with van der Waals surface area (Å²) in [4.78, 5) is 22.8. The third-order valence-corrected chi connectivity index (χ3v) is 2.38. The van der Waals surface area contributed by atoms with Crippen molar-refractivity contribution in [2.75, 3.05) is 13.2 Å². The molecule has 0 fully saturated rings. The maximum Gasteiger partial charge on any atom is 0.325 e. The summed E-state index contributed by atoms with van der Waals surface area (Å²) in [6.45, 7) is 3.67. The molecule has 0 saturated heterocycles. The van der Waals surface area contributed by atoms with Crippen molar-refractivity contribution in [1.82, 2.24) is 5.32 Å². The van der Waals surface area contributed by atoms with Crippen molar-refractivity contribution in [1.29, 1.82) is 0 Å². The van der Waals surface area contributed by atoms with Crippen LogP contribution in [0.1, 0.15) is 22.8 Å². The molecular formula is C12H14ClNO3. The smallest absolute Gasteiger partial charge is 0.325 e. The number of nitrogens with one attached hydrogen (secondary N) is 1. The number of ether oxygens (including phenoxy) is 1. The number of esters is 1. The van der Waals surface area contributed by atoms with Crippen LogP contribution in [0, 0.1) is 6.92 Å². The molecule has 0 aliphatic rings. The molecule has 0 bridgehead atoms. The first-order valence-corrected chi connectivity index (χ1v) is 5.62. The number of aryl methyl sites for hydroxylation is 1. The molecule has 1 rings (SSSR count). The lowest BCUT2D eigenvalue weighted by Gasteiger charge is -2.07. The summed E-state index contributed by atoms with van der Waals surface area (Å²) >= 11 is 5.80. The third kappa shape index (κ3) is 4.07. The molecule has 1 aromatic carbocycles. The molecule has 92 valence electrons. The monoisotopic (exact) mass is 255 g/mol. The van der Waals surface area contributed by atoms with Crippen LogP contribution in [0.3, 0.4) is 0 Å². The van der Waals surface area contributed by atoms with Gasteiger partial charge in [-0.05, 0) is 31.5 Å². The van der Waals surface area contributed by atoms with Gasteiger partial charge in [-0.1, -0.05) is 17.7 Å². The second-order valence-corrected chi connectivity index (χ2v) is 3.88. The van der Waals surface area contributed by atoms with Crippen LogP contribution >= 0.6 is 11.6 Å². The minimum absolute atomic E-state index is 0.140. The van der Waals surface area contributed by atoms with Gasteiger partial charge in [0.1, 0.15) is 6.54 Å². The van der Waals surface area contributed by atoms with Crippen LogP contribution in [0.4, 0.5) is 0 Å². The van der Waals surface area contributed by atoms with Gasteiger partial charge in [0.25, 0.3) is 5.91 Å². The largest absolute Gasteiger partial charge is 0.465 e. The van der Waals surface area contributed by atoms with Crippen molar-refractivity contribution in [3.05, 3.63) is 34.3 Å². The Kier molecular flexibility index (Phi) is 4.97. The highest BCUT2D eigenvalue weighted by molar-refractivity contribution is 6.31. The van der Waals surface area contributed by atoms with E-state index in [0.29, 0.717) is 17.2 Å². The average Bonchev–Trinajstić information content (AvgIpc) is 2.29. The van der Waals surface area contributed by atoms with Crippen LogP contribution in [0.2, 0.25) is 5.02 Å². The molecule has 0 aliphatic heterocycles. The molecule has 0 saturated carbocycles. The summed E-state index contributed by atoms with van der Waals surface area (Å²) in [6.07, 6.45) is 0. The summed E-state index contributed by atoms with van der Waals surface area (Å²) in [5.41, 5.74) is 1.26. The average molecular weight is 256 g/mol. The van der Waals surface area contributed by atoms with Gasteiger partial charge in [-0.3, -0.25) is 9.59 Å². The first-order valence-electron chi connectivity index (χ1n) is 5.24. The van der Waals surface area contributed by atoms with E-state index in [2.05, 4.69) is 5.32 Å². The van der Waals surface area contributed by atoms with E-state index in [9.17, 15) is 9.59 Å². The molecule has 17 heavy (non-hydrogen) atoms. The summed E-state index contributed by atoms with van der Waals surface area (Å²) in [5.74, 6) is -0.793. The lowest BCUT2D eigenvalue weighted by molar-refractivity contribution is -0.141. The predicted octanol–water partition coefficient (Wildman–Crippen LogP) is 1.94. The molecule has 0 aromatic heterocycles. The van der Waals surface area contributed by atoms with E-state index in [1.165, 1.54) is 0 Å². The molecule has 5 heteroatoms. The number of hydrogen-bond donors (Lipinski definition) is 1. The van der Waals surface area contributed by atoms with E-state index in [4.69, 9.17) is 16.3 Å². The molecule has 4 nitrogen and oxygen atoms in total. The summed E-state index contributed by atoms with van der Waals surface area (Å²) < 4.78 is 4.70. The van der Waals surface area contributed by atoms with Gasteiger partial charge in [-0.25, -0.2) is 0 Å². The lowest BCUT2D eigenvalue weighted by Crippen LogP contribution is -2.31. The molecule has 0 atom stereocenters. The van der Waals surface area contributed by atoms with E-state index in [-0.39, 0.29) is 12.5 Å². The third-order valence-electron chi connectivity index (χ3n) is 2.14. The zero-order chi connectivity index (χ0) is 12.8. The van der Waals surface area contributed by atoms with Crippen molar-refractivity contribution in [2.45, 2.75) is 13.8 Å². The Morgan fingerprint density at radius 2 is 2.12 bits per heavy atom. The Balaban J connectivity index is 2.64. The van der Waals surface area contributed by atoms with Crippen LogP contribution in [0.25, 0.3) is 0 Å². The number of benzene rings is 1. The fourth-order valence-corrected chi connectivity index (χ4v) is 1.47. The van der Waals surface area contributed by atoms with Crippen LogP contribution in [-0.4, -0.2) is 25.0 Å². The van der Waals surface area contributed by atoms with Gasteiger partial charge in [0.2, 0.25) is 0 Å². The van der Waals surface area contributed by atoms with Crippen LogP contribution in [0.5, 0.6) is 0 Å². The number of hydrogen-bond acceptors (Lipinski definition) is 3. The van der Waals surface area contributed by atoms with Crippen molar-refractivity contribution in [3.63, 3.8) is 0 Å². The number of carbonyl (C=O) groups excluding carboxylic acids is 2. The SMILES string of the molecule is CCOC(=O)CNC(=O)c1cc(Cl)ccc1C. The Labute approximate surface area is 105 Å². The molecule has 1 aromatic rings. The van der Waals surface area contributed by atoms with Gasteiger partial charge >= 0.3 is 5.97 Å². The molecule has 1 N–H and O–H groups in total. The van der Waals surface area contributed by atoms with Gasteiger partial charge in [-0.15, -0.1) is 0 Å². The van der Waals surface area contributed by atoms with Crippen LogP contribution < -0.4 is 5.32 Å². The van der Waals surface area contributed by atoms with Gasteiger partial charge in [-0.2, -0.15) is 0 Å². The zero-order valence-corrected chi connectivity index (χ0v) is 10.5. The normalized spacial score (nSPS) is 9.82. The second-order valence-electron chi connectivity index (χ2n) is 3.45. The summed E-state index contributed by atoms with van der Waals surface area (Å²) in [5, 5.41) is 2.96.